The molecule has 0 aliphatic heterocycles. The summed E-state index contributed by atoms with van der Waals surface area (Å²) in [6, 6.07) is 14.1. The van der Waals surface area contributed by atoms with Gasteiger partial charge in [-0.15, -0.1) is 0 Å². The van der Waals surface area contributed by atoms with Crippen molar-refractivity contribution in [1.29, 1.82) is 0 Å². The first-order valence-corrected chi connectivity index (χ1v) is 7.99. The van der Waals surface area contributed by atoms with Crippen LogP contribution in [0.1, 0.15) is 12.1 Å². The summed E-state index contributed by atoms with van der Waals surface area (Å²) in [5, 5.41) is 0. The minimum atomic E-state index is -0.390. The van der Waals surface area contributed by atoms with Gasteiger partial charge in [-0.05, 0) is 35.3 Å². The molecule has 1 aromatic carbocycles. The largest absolute Gasteiger partial charge is 0.482 e. The van der Waals surface area contributed by atoms with Gasteiger partial charge in [0.2, 0.25) is 5.91 Å². The first kappa shape index (κ1) is 15.2. The molecule has 0 spiro atoms. The van der Waals surface area contributed by atoms with Gasteiger partial charge in [0.25, 0.3) is 0 Å². The fourth-order valence-electron chi connectivity index (χ4n) is 3.10. The maximum absolute atomic E-state index is 11.4. The molecule has 2 heterocycles. The molecule has 0 saturated heterocycles. The predicted octanol–water partition coefficient (Wildman–Crippen LogP) is 3.21. The number of amides is 1. The second-order valence-corrected chi connectivity index (χ2v) is 5.89. The molecule has 1 amide bonds. The predicted molar refractivity (Wildman–Crippen MR) is 97.1 cm³/mol. The first-order valence-electron chi connectivity index (χ1n) is 7.99. The number of hydrogen-bond acceptors (Lipinski definition) is 3. The fourth-order valence-corrected chi connectivity index (χ4v) is 3.10. The summed E-state index contributed by atoms with van der Waals surface area (Å²) < 4.78 is 7.55. The molecule has 5 nitrogen and oxygen atoms in total. The summed E-state index contributed by atoms with van der Waals surface area (Å²) in [6.07, 6.45) is 6.13. The number of benzene rings is 1. The highest BCUT2D eigenvalue weighted by Crippen LogP contribution is 2.32. The average molecular weight is 331 g/mol. The van der Waals surface area contributed by atoms with Gasteiger partial charge in [-0.2, -0.15) is 0 Å². The van der Waals surface area contributed by atoms with Crippen LogP contribution in [0.3, 0.4) is 0 Å². The van der Waals surface area contributed by atoms with Crippen LogP contribution in [0.15, 0.2) is 66.4 Å². The Morgan fingerprint density at radius 2 is 2.00 bits per heavy atom. The molecule has 0 radical (unpaired) electrons. The van der Waals surface area contributed by atoms with Crippen molar-refractivity contribution in [3.8, 4) is 17.0 Å². The Labute approximate surface area is 145 Å². The van der Waals surface area contributed by atoms with Crippen LogP contribution in [0, 0.1) is 0 Å². The van der Waals surface area contributed by atoms with E-state index < -0.39 is 5.91 Å². The molecule has 5 heteroatoms. The highest BCUT2D eigenvalue weighted by Gasteiger charge is 2.18. The number of imidazole rings is 1. The summed E-state index contributed by atoms with van der Waals surface area (Å²) in [4.78, 5) is 15.9. The average Bonchev–Trinajstić information content (AvgIpc) is 3.28. The van der Waals surface area contributed by atoms with Crippen molar-refractivity contribution in [2.45, 2.75) is 6.42 Å². The molecule has 25 heavy (non-hydrogen) atoms. The van der Waals surface area contributed by atoms with Gasteiger partial charge >= 0.3 is 0 Å². The number of pyridine rings is 1. The maximum Gasteiger partial charge on any atom is 0.244 e. The zero-order chi connectivity index (χ0) is 17.4. The van der Waals surface area contributed by atoms with E-state index in [4.69, 9.17) is 10.5 Å². The van der Waals surface area contributed by atoms with Crippen molar-refractivity contribution in [2.24, 2.45) is 5.73 Å². The van der Waals surface area contributed by atoms with E-state index in [0.29, 0.717) is 17.9 Å². The highest BCUT2D eigenvalue weighted by molar-refractivity contribution is 5.98. The van der Waals surface area contributed by atoms with E-state index in [1.54, 1.807) is 13.3 Å². The van der Waals surface area contributed by atoms with Crippen molar-refractivity contribution >= 4 is 17.1 Å². The second-order valence-electron chi connectivity index (χ2n) is 5.89. The Balaban J connectivity index is 1.86. The number of rotatable bonds is 4. The van der Waals surface area contributed by atoms with Gasteiger partial charge in [0.1, 0.15) is 5.65 Å². The molecule has 124 valence electrons. The number of carbonyl (C=O) groups excluding carboxylic acids is 1. The number of aromatic nitrogens is 2. The van der Waals surface area contributed by atoms with E-state index >= 15 is 0 Å². The molecule has 0 atom stereocenters. The lowest BCUT2D eigenvalue weighted by Gasteiger charge is -2.10. The van der Waals surface area contributed by atoms with Gasteiger partial charge in [-0.1, -0.05) is 36.4 Å². The molecular formula is C20H17N3O2. The molecule has 0 unspecified atom stereocenters. The number of nitrogens with two attached hydrogens (primary N) is 1. The van der Waals surface area contributed by atoms with E-state index in [9.17, 15) is 4.79 Å². The van der Waals surface area contributed by atoms with Gasteiger partial charge < -0.3 is 10.5 Å². The fraction of sp³-hybridized carbons (Fsp3) is 0.100. The van der Waals surface area contributed by atoms with Crippen LogP contribution >= 0.6 is 0 Å². The number of primary amides is 1. The monoisotopic (exact) mass is 331 g/mol. The van der Waals surface area contributed by atoms with Gasteiger partial charge in [0, 0.05) is 11.6 Å². The topological polar surface area (TPSA) is 69.6 Å². The summed E-state index contributed by atoms with van der Waals surface area (Å²) in [6.45, 7) is 0. The van der Waals surface area contributed by atoms with Crippen molar-refractivity contribution in [2.75, 3.05) is 7.11 Å². The first-order chi connectivity index (χ1) is 12.2. The lowest BCUT2D eigenvalue weighted by atomic mass is 10.1. The molecule has 2 N–H and O–H groups in total. The van der Waals surface area contributed by atoms with E-state index in [0.717, 1.165) is 28.0 Å². The van der Waals surface area contributed by atoms with Crippen LogP contribution in [0.25, 0.3) is 22.3 Å². The smallest absolute Gasteiger partial charge is 0.244 e. The number of carbonyl (C=O) groups is 1. The summed E-state index contributed by atoms with van der Waals surface area (Å²) in [5.41, 5.74) is 10.7. The lowest BCUT2D eigenvalue weighted by Crippen LogP contribution is -2.12. The van der Waals surface area contributed by atoms with Crippen molar-refractivity contribution in [1.82, 2.24) is 9.38 Å². The van der Waals surface area contributed by atoms with E-state index in [1.165, 1.54) is 0 Å². The Morgan fingerprint density at radius 1 is 1.20 bits per heavy atom. The molecule has 0 bridgehead atoms. The van der Waals surface area contributed by atoms with Crippen molar-refractivity contribution < 1.29 is 9.53 Å². The number of nitrogens with zero attached hydrogens (tertiary/aromatic N) is 2. The van der Waals surface area contributed by atoms with Crippen molar-refractivity contribution in [3.05, 3.63) is 72.1 Å². The Morgan fingerprint density at radius 3 is 2.68 bits per heavy atom. The molecular weight excluding hydrogens is 314 g/mol. The normalized spacial score (nSPS) is 13.6. The molecule has 4 rings (SSSR count). The third kappa shape index (κ3) is 2.59. The lowest BCUT2D eigenvalue weighted by molar-refractivity contribution is -0.114. The molecule has 1 aliphatic carbocycles. The highest BCUT2D eigenvalue weighted by atomic mass is 16.5. The number of methoxy groups -OCH3 is 1. The Kier molecular flexibility index (Phi) is 3.61. The van der Waals surface area contributed by atoms with E-state index in [2.05, 4.69) is 17.1 Å². The molecule has 0 saturated carbocycles. The zero-order valence-corrected chi connectivity index (χ0v) is 13.8. The van der Waals surface area contributed by atoms with Crippen LogP contribution in [0.4, 0.5) is 0 Å². The number of allylic oxidation sites excluding steroid dienone is 3. The summed E-state index contributed by atoms with van der Waals surface area (Å²) >= 11 is 0. The van der Waals surface area contributed by atoms with E-state index in [-0.39, 0.29) is 0 Å². The van der Waals surface area contributed by atoms with Crippen LogP contribution in [-0.4, -0.2) is 22.4 Å². The van der Waals surface area contributed by atoms with E-state index in [1.807, 2.05) is 46.9 Å². The van der Waals surface area contributed by atoms with Crippen LogP contribution < -0.4 is 10.5 Å². The van der Waals surface area contributed by atoms with Gasteiger partial charge in [-0.3, -0.25) is 9.20 Å². The molecule has 0 fully saturated rings. The number of ether oxygens (including phenoxy) is 1. The third-order valence-corrected chi connectivity index (χ3v) is 4.37. The SMILES string of the molecule is COc1cc(-c2ccccc2)cc2ncc(C3=CCC(C(N)=O)=C3)n12. The van der Waals surface area contributed by atoms with Crippen LogP contribution in [-0.2, 0) is 4.79 Å². The number of fused-ring (bicyclic) bond motifs is 1. The minimum Gasteiger partial charge on any atom is -0.482 e. The summed E-state index contributed by atoms with van der Waals surface area (Å²) in [7, 11) is 1.64. The minimum absolute atomic E-state index is 0.390. The maximum atomic E-state index is 11.4. The molecule has 3 aromatic rings. The van der Waals surface area contributed by atoms with Gasteiger partial charge in [0.15, 0.2) is 5.88 Å². The Bertz CT molecular complexity index is 1030. The molecule has 1 aliphatic rings. The van der Waals surface area contributed by atoms with Crippen molar-refractivity contribution in [3.63, 3.8) is 0 Å². The zero-order valence-electron chi connectivity index (χ0n) is 13.8. The summed E-state index contributed by atoms with van der Waals surface area (Å²) in [5.74, 6) is 0.295. The second kappa shape index (κ2) is 5.94. The quantitative estimate of drug-likeness (QED) is 0.798. The van der Waals surface area contributed by atoms with Crippen LogP contribution in [0.2, 0.25) is 0 Å². The Hall–Kier alpha value is -3.34. The van der Waals surface area contributed by atoms with Gasteiger partial charge in [0.05, 0.1) is 19.0 Å². The molecule has 2 aromatic heterocycles. The standard InChI is InChI=1S/C20H17N3O2/c1-25-19-11-16(13-5-3-2-4-6-13)10-18-22-12-17(23(18)19)14-7-8-15(9-14)20(21)24/h2-7,9-12H,8H2,1H3,(H2,21,24). The number of hydrogen-bond donors (Lipinski definition) is 1. The van der Waals surface area contributed by atoms with Gasteiger partial charge in [-0.25, -0.2) is 4.98 Å². The third-order valence-electron chi connectivity index (χ3n) is 4.37. The van der Waals surface area contributed by atoms with Crippen LogP contribution in [0.5, 0.6) is 5.88 Å².